The Balaban J connectivity index is 2.55. The molecule has 0 saturated heterocycles. The predicted octanol–water partition coefficient (Wildman–Crippen LogP) is 1.28. The predicted molar refractivity (Wildman–Crippen MR) is 67.2 cm³/mol. The molecule has 0 atom stereocenters. The molecule has 0 saturated carbocycles. The number of methoxy groups -OCH3 is 1. The van der Waals surface area contributed by atoms with Gasteiger partial charge in [0.2, 0.25) is 0 Å². The summed E-state index contributed by atoms with van der Waals surface area (Å²) in [5.41, 5.74) is 0.576. The number of ether oxygens (including phenoxy) is 1. The fraction of sp³-hybridized carbons (Fsp3) is 0.500. The summed E-state index contributed by atoms with van der Waals surface area (Å²) < 4.78 is 4.92. The molecule has 2 N–H and O–H groups in total. The Bertz CT molecular complexity index is 355. The molecule has 0 aromatic carbocycles. The summed E-state index contributed by atoms with van der Waals surface area (Å²) in [5.74, 6) is 0.518. The Morgan fingerprint density at radius 3 is 3.06 bits per heavy atom. The van der Waals surface area contributed by atoms with Gasteiger partial charge in [0.15, 0.2) is 0 Å². The number of pyridine rings is 1. The normalized spacial score (nSPS) is 10.0. The Labute approximate surface area is 102 Å². The highest BCUT2D eigenvalue weighted by Gasteiger charge is 2.10. The second-order valence-corrected chi connectivity index (χ2v) is 3.53. The van der Waals surface area contributed by atoms with Crippen LogP contribution in [0, 0.1) is 0 Å². The molecular formula is C12H19N3O2. The van der Waals surface area contributed by atoms with Crippen LogP contribution in [0.15, 0.2) is 18.3 Å². The van der Waals surface area contributed by atoms with Crippen molar-refractivity contribution in [2.45, 2.75) is 13.3 Å². The Morgan fingerprint density at radius 1 is 1.53 bits per heavy atom. The van der Waals surface area contributed by atoms with Crippen LogP contribution in [0.3, 0.4) is 0 Å². The van der Waals surface area contributed by atoms with E-state index in [0.29, 0.717) is 24.5 Å². The average Bonchev–Trinajstić information content (AvgIpc) is 2.35. The number of hydrogen-bond acceptors (Lipinski definition) is 4. The maximum absolute atomic E-state index is 11.9. The first-order valence-electron chi connectivity index (χ1n) is 5.75. The van der Waals surface area contributed by atoms with Crippen molar-refractivity contribution in [3.63, 3.8) is 0 Å². The molecule has 0 radical (unpaired) electrons. The van der Waals surface area contributed by atoms with Gasteiger partial charge in [-0.2, -0.15) is 0 Å². The molecule has 0 unspecified atom stereocenters. The Morgan fingerprint density at radius 2 is 2.35 bits per heavy atom. The van der Waals surface area contributed by atoms with E-state index < -0.39 is 0 Å². The summed E-state index contributed by atoms with van der Waals surface area (Å²) in [6.07, 6.45) is 2.47. The second kappa shape index (κ2) is 7.62. The van der Waals surface area contributed by atoms with Crippen LogP contribution in [0.4, 0.5) is 5.82 Å². The number of nitrogens with zero attached hydrogens (tertiary/aromatic N) is 1. The van der Waals surface area contributed by atoms with E-state index in [-0.39, 0.29) is 5.91 Å². The number of nitrogens with one attached hydrogen (secondary N) is 2. The summed E-state index contributed by atoms with van der Waals surface area (Å²) in [5, 5.41) is 5.90. The third-order valence-corrected chi connectivity index (χ3v) is 2.21. The minimum atomic E-state index is -0.106. The van der Waals surface area contributed by atoms with Crippen LogP contribution in [0.2, 0.25) is 0 Å². The van der Waals surface area contributed by atoms with Crippen LogP contribution >= 0.6 is 0 Å². The van der Waals surface area contributed by atoms with Crippen LogP contribution < -0.4 is 10.6 Å². The van der Waals surface area contributed by atoms with Crippen molar-refractivity contribution < 1.29 is 9.53 Å². The topological polar surface area (TPSA) is 63.2 Å². The monoisotopic (exact) mass is 237 g/mol. The van der Waals surface area contributed by atoms with Crippen molar-refractivity contribution in [3.05, 3.63) is 23.9 Å². The molecule has 17 heavy (non-hydrogen) atoms. The summed E-state index contributed by atoms with van der Waals surface area (Å²) in [6.45, 7) is 3.95. The van der Waals surface area contributed by atoms with Gasteiger partial charge in [-0.1, -0.05) is 0 Å². The zero-order chi connectivity index (χ0) is 12.5. The fourth-order valence-corrected chi connectivity index (χ4v) is 1.41. The van der Waals surface area contributed by atoms with E-state index in [0.717, 1.165) is 13.0 Å². The van der Waals surface area contributed by atoms with Crippen LogP contribution in [0.5, 0.6) is 0 Å². The van der Waals surface area contributed by atoms with Crippen molar-refractivity contribution >= 4 is 11.7 Å². The van der Waals surface area contributed by atoms with Gasteiger partial charge in [-0.25, -0.2) is 4.98 Å². The van der Waals surface area contributed by atoms with Crippen LogP contribution in [0.25, 0.3) is 0 Å². The van der Waals surface area contributed by atoms with Gasteiger partial charge < -0.3 is 15.4 Å². The van der Waals surface area contributed by atoms with E-state index >= 15 is 0 Å². The van der Waals surface area contributed by atoms with Gasteiger partial charge >= 0.3 is 0 Å². The molecule has 0 aliphatic heterocycles. The standard InChI is InChI=1S/C12H19N3O2/c1-3-13-11-10(6-4-7-14-11)12(16)15-8-5-9-17-2/h4,6-7H,3,5,8-9H2,1-2H3,(H,13,14)(H,15,16). The largest absolute Gasteiger partial charge is 0.385 e. The first kappa shape index (κ1) is 13.4. The molecule has 0 fully saturated rings. The lowest BCUT2D eigenvalue weighted by atomic mass is 10.2. The first-order chi connectivity index (χ1) is 8.29. The molecule has 0 aliphatic carbocycles. The number of carbonyl (C=O) groups excluding carboxylic acids is 1. The van der Waals surface area contributed by atoms with Crippen molar-refractivity contribution in [1.29, 1.82) is 0 Å². The van der Waals surface area contributed by atoms with Gasteiger partial charge in [0.1, 0.15) is 5.82 Å². The fourth-order valence-electron chi connectivity index (χ4n) is 1.41. The van der Waals surface area contributed by atoms with Crippen LogP contribution in [-0.4, -0.2) is 37.7 Å². The van der Waals surface area contributed by atoms with Crippen molar-refractivity contribution in [3.8, 4) is 0 Å². The molecule has 1 heterocycles. The van der Waals surface area contributed by atoms with E-state index in [9.17, 15) is 4.79 Å². The third-order valence-electron chi connectivity index (χ3n) is 2.21. The summed E-state index contributed by atoms with van der Waals surface area (Å²) in [7, 11) is 1.65. The zero-order valence-electron chi connectivity index (χ0n) is 10.3. The molecule has 1 rings (SSSR count). The molecule has 1 amide bonds. The van der Waals surface area contributed by atoms with Gasteiger partial charge in [-0.05, 0) is 25.5 Å². The van der Waals surface area contributed by atoms with Gasteiger partial charge in [0, 0.05) is 33.0 Å². The van der Waals surface area contributed by atoms with E-state index in [4.69, 9.17) is 4.74 Å². The highest BCUT2D eigenvalue weighted by molar-refractivity contribution is 5.98. The van der Waals surface area contributed by atoms with Crippen molar-refractivity contribution in [2.24, 2.45) is 0 Å². The molecule has 5 heteroatoms. The zero-order valence-corrected chi connectivity index (χ0v) is 10.3. The third kappa shape index (κ3) is 4.40. The number of rotatable bonds is 7. The van der Waals surface area contributed by atoms with Gasteiger partial charge in [-0.3, -0.25) is 4.79 Å². The lowest BCUT2D eigenvalue weighted by Gasteiger charge is -2.09. The molecule has 0 aliphatic rings. The first-order valence-corrected chi connectivity index (χ1v) is 5.75. The highest BCUT2D eigenvalue weighted by atomic mass is 16.5. The molecule has 0 spiro atoms. The Hall–Kier alpha value is -1.62. The van der Waals surface area contributed by atoms with Crippen molar-refractivity contribution in [2.75, 3.05) is 32.1 Å². The molecular weight excluding hydrogens is 218 g/mol. The molecule has 5 nitrogen and oxygen atoms in total. The number of aromatic nitrogens is 1. The van der Waals surface area contributed by atoms with E-state index in [2.05, 4.69) is 15.6 Å². The number of carbonyl (C=O) groups is 1. The smallest absolute Gasteiger partial charge is 0.255 e. The molecule has 94 valence electrons. The minimum absolute atomic E-state index is 0.106. The maximum Gasteiger partial charge on any atom is 0.255 e. The van der Waals surface area contributed by atoms with Crippen LogP contribution in [0.1, 0.15) is 23.7 Å². The van der Waals surface area contributed by atoms with E-state index in [1.807, 2.05) is 6.92 Å². The quantitative estimate of drug-likeness (QED) is 0.701. The molecule has 1 aromatic rings. The van der Waals surface area contributed by atoms with E-state index in [1.165, 1.54) is 0 Å². The summed E-state index contributed by atoms with van der Waals surface area (Å²) in [6, 6.07) is 3.52. The number of anilines is 1. The van der Waals surface area contributed by atoms with Gasteiger partial charge in [-0.15, -0.1) is 0 Å². The van der Waals surface area contributed by atoms with Crippen molar-refractivity contribution in [1.82, 2.24) is 10.3 Å². The maximum atomic E-state index is 11.9. The molecule has 0 bridgehead atoms. The summed E-state index contributed by atoms with van der Waals surface area (Å²) >= 11 is 0. The van der Waals surface area contributed by atoms with E-state index in [1.54, 1.807) is 25.4 Å². The minimum Gasteiger partial charge on any atom is -0.385 e. The second-order valence-electron chi connectivity index (χ2n) is 3.53. The van der Waals surface area contributed by atoms with Gasteiger partial charge in [0.05, 0.1) is 5.56 Å². The molecule has 1 aromatic heterocycles. The lowest BCUT2D eigenvalue weighted by molar-refractivity contribution is 0.0949. The number of hydrogen-bond donors (Lipinski definition) is 2. The van der Waals surface area contributed by atoms with Gasteiger partial charge in [0.25, 0.3) is 5.91 Å². The average molecular weight is 237 g/mol. The van der Waals surface area contributed by atoms with Crippen LogP contribution in [-0.2, 0) is 4.74 Å². The lowest BCUT2D eigenvalue weighted by Crippen LogP contribution is -2.26. The Kier molecular flexibility index (Phi) is 6.03. The SMILES string of the molecule is CCNc1ncccc1C(=O)NCCCOC. The number of amides is 1. The highest BCUT2D eigenvalue weighted by Crippen LogP contribution is 2.10. The summed E-state index contributed by atoms with van der Waals surface area (Å²) in [4.78, 5) is 16.0.